The Kier molecular flexibility index (Phi) is 5.17. The van der Waals surface area contributed by atoms with Crippen molar-refractivity contribution in [3.63, 3.8) is 0 Å². The van der Waals surface area contributed by atoms with Gasteiger partial charge in [0.15, 0.2) is 5.82 Å². The van der Waals surface area contributed by atoms with E-state index in [9.17, 15) is 0 Å². The number of hydrogen-bond donors (Lipinski definition) is 0. The van der Waals surface area contributed by atoms with Crippen LogP contribution in [0.3, 0.4) is 0 Å². The molecule has 174 valence electrons. The predicted molar refractivity (Wildman–Crippen MR) is 130 cm³/mol. The van der Waals surface area contributed by atoms with Gasteiger partial charge in [0, 0.05) is 67.1 Å². The first-order valence-electron chi connectivity index (χ1n) is 11.7. The largest absolute Gasteiger partial charge is 0.496 e. The van der Waals surface area contributed by atoms with Crippen LogP contribution in [0.2, 0.25) is 0 Å². The zero-order chi connectivity index (χ0) is 23.1. The highest BCUT2D eigenvalue weighted by Gasteiger charge is 2.42. The van der Waals surface area contributed by atoms with Crippen LogP contribution in [0.25, 0.3) is 22.0 Å². The predicted octanol–water partition coefficient (Wildman–Crippen LogP) is 3.64. The highest BCUT2D eigenvalue weighted by atomic mass is 16.5. The van der Waals surface area contributed by atoms with E-state index >= 15 is 0 Å². The Bertz CT molecular complexity index is 1350. The molecule has 3 aromatic heterocycles. The van der Waals surface area contributed by atoms with E-state index in [-0.39, 0.29) is 5.41 Å². The summed E-state index contributed by atoms with van der Waals surface area (Å²) >= 11 is 0. The Hall–Kier alpha value is -3.52. The van der Waals surface area contributed by atoms with E-state index in [1.54, 1.807) is 11.8 Å². The summed E-state index contributed by atoms with van der Waals surface area (Å²) in [6.07, 6.45) is 10.6. The van der Waals surface area contributed by atoms with Crippen molar-refractivity contribution in [1.82, 2.24) is 24.7 Å². The van der Waals surface area contributed by atoms with E-state index in [2.05, 4.69) is 27.1 Å². The fraction of sp³-hybridized carbons (Fsp3) is 0.385. The Morgan fingerprint density at radius 3 is 2.79 bits per heavy atom. The minimum atomic E-state index is 0.279. The maximum atomic E-state index is 5.72. The normalized spacial score (nSPS) is 17.2. The van der Waals surface area contributed by atoms with Crippen LogP contribution in [-0.4, -0.2) is 58.1 Å². The lowest BCUT2D eigenvalue weighted by molar-refractivity contribution is -0.117. The summed E-state index contributed by atoms with van der Waals surface area (Å²) in [6.45, 7) is 3.67. The fourth-order valence-electron chi connectivity index (χ4n) is 5.12. The lowest BCUT2D eigenvalue weighted by Crippen LogP contribution is -2.54. The van der Waals surface area contributed by atoms with Crippen molar-refractivity contribution in [2.75, 3.05) is 38.3 Å². The molecule has 0 N–H and O–H groups in total. The first kappa shape index (κ1) is 21.0. The molecule has 0 radical (unpaired) electrons. The van der Waals surface area contributed by atoms with Crippen LogP contribution in [0.5, 0.6) is 5.75 Å². The van der Waals surface area contributed by atoms with Gasteiger partial charge < -0.3 is 14.4 Å². The summed E-state index contributed by atoms with van der Waals surface area (Å²) in [4.78, 5) is 16.8. The molecule has 8 nitrogen and oxygen atoms in total. The lowest BCUT2D eigenvalue weighted by atomic mass is 9.78. The number of nitrogens with zero attached hydrogens (tertiary/aromatic N) is 6. The third-order valence-electron chi connectivity index (χ3n) is 6.98. The molecule has 0 bridgehead atoms. The molecule has 2 aliphatic rings. The van der Waals surface area contributed by atoms with Crippen LogP contribution in [0.4, 0.5) is 5.82 Å². The molecule has 8 heteroatoms. The van der Waals surface area contributed by atoms with Crippen LogP contribution in [0, 0.1) is 5.41 Å². The molecule has 4 aromatic rings. The highest BCUT2D eigenvalue weighted by Crippen LogP contribution is 2.39. The molecular formula is C26H28N6O2. The van der Waals surface area contributed by atoms with E-state index in [1.165, 1.54) is 6.42 Å². The minimum absolute atomic E-state index is 0.279. The molecule has 1 aromatic carbocycles. The number of hydrogen-bond acceptors (Lipinski definition) is 7. The van der Waals surface area contributed by atoms with Crippen LogP contribution >= 0.6 is 0 Å². The SMILES string of the molecule is COc1cc(-c2cnn(C)c2)ccc1Cc1ncc2ccnc(N3CCCC4(COC4)C3)c2n1. The Labute approximate surface area is 198 Å². The summed E-state index contributed by atoms with van der Waals surface area (Å²) in [5.41, 5.74) is 4.36. The Balaban J connectivity index is 1.31. The van der Waals surface area contributed by atoms with E-state index in [4.69, 9.17) is 19.4 Å². The molecule has 0 unspecified atom stereocenters. The summed E-state index contributed by atoms with van der Waals surface area (Å²) in [6, 6.07) is 8.22. The van der Waals surface area contributed by atoms with E-state index < -0.39 is 0 Å². The molecule has 5 heterocycles. The molecule has 2 saturated heterocycles. The van der Waals surface area contributed by atoms with Gasteiger partial charge in [0.25, 0.3) is 0 Å². The number of fused-ring (bicyclic) bond motifs is 1. The Morgan fingerprint density at radius 2 is 2.03 bits per heavy atom. The molecule has 1 spiro atoms. The van der Waals surface area contributed by atoms with E-state index in [1.807, 2.05) is 44.0 Å². The number of rotatable bonds is 5. The maximum Gasteiger partial charge on any atom is 0.155 e. The van der Waals surface area contributed by atoms with E-state index in [0.717, 1.165) is 77.7 Å². The van der Waals surface area contributed by atoms with Gasteiger partial charge in [0.1, 0.15) is 17.1 Å². The minimum Gasteiger partial charge on any atom is -0.496 e. The first-order valence-corrected chi connectivity index (χ1v) is 11.7. The Morgan fingerprint density at radius 1 is 1.12 bits per heavy atom. The topological polar surface area (TPSA) is 78.2 Å². The molecule has 2 aliphatic heterocycles. The van der Waals surface area contributed by atoms with Crippen molar-refractivity contribution in [2.45, 2.75) is 19.3 Å². The number of aryl methyl sites for hydroxylation is 1. The van der Waals surface area contributed by atoms with Crippen LogP contribution in [0.1, 0.15) is 24.2 Å². The standard InChI is InChI=1S/C26H28N6O2/c1-31-14-21(13-29-31)18-4-5-19(22(10-18)33-2)11-23-28-12-20-6-8-27-25(24(20)30-23)32-9-3-7-26(15-32)16-34-17-26/h4-6,8,10,12-14H,3,7,9,11,15-17H2,1-2H3. The van der Waals surface area contributed by atoms with Crippen molar-refractivity contribution in [3.05, 3.63) is 60.4 Å². The van der Waals surface area contributed by atoms with Gasteiger partial charge in [-0.05, 0) is 30.5 Å². The number of benzene rings is 1. The first-order chi connectivity index (χ1) is 16.6. The second-order valence-corrected chi connectivity index (χ2v) is 9.48. The van der Waals surface area contributed by atoms with Gasteiger partial charge in [-0.1, -0.05) is 12.1 Å². The number of pyridine rings is 1. The zero-order valence-electron chi connectivity index (χ0n) is 19.6. The summed E-state index contributed by atoms with van der Waals surface area (Å²) < 4.78 is 13.1. The van der Waals surface area contributed by atoms with Crippen LogP contribution < -0.4 is 9.64 Å². The second-order valence-electron chi connectivity index (χ2n) is 9.48. The van der Waals surface area contributed by atoms with Gasteiger partial charge in [-0.2, -0.15) is 5.10 Å². The second kappa shape index (κ2) is 8.36. The van der Waals surface area contributed by atoms with E-state index in [0.29, 0.717) is 6.42 Å². The number of ether oxygens (including phenoxy) is 2. The number of aromatic nitrogens is 5. The van der Waals surface area contributed by atoms with Gasteiger partial charge in [-0.3, -0.25) is 4.68 Å². The van der Waals surface area contributed by atoms with Gasteiger partial charge in [-0.15, -0.1) is 0 Å². The van der Waals surface area contributed by atoms with Crippen molar-refractivity contribution in [1.29, 1.82) is 0 Å². The third-order valence-corrected chi connectivity index (χ3v) is 6.98. The summed E-state index contributed by atoms with van der Waals surface area (Å²) in [5, 5.41) is 5.28. The number of anilines is 1. The molecule has 0 atom stereocenters. The van der Waals surface area contributed by atoms with Crippen LogP contribution in [0.15, 0.2) is 49.1 Å². The fourth-order valence-corrected chi connectivity index (χ4v) is 5.12. The van der Waals surface area contributed by atoms with Crippen molar-refractivity contribution >= 4 is 16.7 Å². The van der Waals surface area contributed by atoms with Gasteiger partial charge >= 0.3 is 0 Å². The quantitative estimate of drug-likeness (QED) is 0.454. The zero-order valence-corrected chi connectivity index (χ0v) is 19.6. The number of methoxy groups -OCH3 is 1. The molecule has 0 saturated carbocycles. The van der Waals surface area contributed by atoms with Crippen molar-refractivity contribution < 1.29 is 9.47 Å². The maximum absolute atomic E-state index is 5.72. The van der Waals surface area contributed by atoms with Gasteiger partial charge in [0.05, 0.1) is 26.5 Å². The molecular weight excluding hydrogens is 428 g/mol. The molecule has 6 rings (SSSR count). The van der Waals surface area contributed by atoms with Gasteiger partial charge in [-0.25, -0.2) is 15.0 Å². The van der Waals surface area contributed by atoms with Crippen molar-refractivity contribution in [2.24, 2.45) is 12.5 Å². The molecule has 34 heavy (non-hydrogen) atoms. The van der Waals surface area contributed by atoms with Crippen LogP contribution in [-0.2, 0) is 18.2 Å². The van der Waals surface area contributed by atoms with Crippen molar-refractivity contribution in [3.8, 4) is 16.9 Å². The monoisotopic (exact) mass is 456 g/mol. The molecule has 0 amide bonds. The van der Waals surface area contributed by atoms with Gasteiger partial charge in [0.2, 0.25) is 0 Å². The smallest absolute Gasteiger partial charge is 0.155 e. The summed E-state index contributed by atoms with van der Waals surface area (Å²) in [5.74, 6) is 2.53. The average molecular weight is 457 g/mol. The molecule has 0 aliphatic carbocycles. The number of piperidine rings is 1. The highest BCUT2D eigenvalue weighted by molar-refractivity contribution is 5.88. The molecule has 2 fully saturated rings. The lowest BCUT2D eigenvalue weighted by Gasteiger charge is -2.48. The average Bonchev–Trinajstić information content (AvgIpc) is 3.29. The summed E-state index contributed by atoms with van der Waals surface area (Å²) in [7, 11) is 3.62. The third kappa shape index (κ3) is 3.77.